The first-order chi connectivity index (χ1) is 14.7. The average Bonchev–Trinajstić information content (AvgIpc) is 3.31. The smallest absolute Gasteiger partial charge is 0.220 e. The molecule has 5 rings (SSSR count). The summed E-state index contributed by atoms with van der Waals surface area (Å²) in [6.45, 7) is 6.28. The molecular formula is C24H29N3O3. The number of nitrogens with one attached hydrogen (secondary N) is 1. The number of methoxy groups -OCH3 is 1. The highest BCUT2D eigenvalue weighted by Gasteiger charge is 2.39. The molecular weight excluding hydrogens is 378 g/mol. The first-order valence-corrected chi connectivity index (χ1v) is 10.8. The lowest BCUT2D eigenvalue weighted by atomic mass is 10.0. The summed E-state index contributed by atoms with van der Waals surface area (Å²) >= 11 is 0. The van der Waals surface area contributed by atoms with Crippen molar-refractivity contribution in [2.24, 2.45) is 5.92 Å². The number of benzene rings is 2. The Morgan fingerprint density at radius 1 is 1.10 bits per heavy atom. The largest absolute Gasteiger partial charge is 0.496 e. The van der Waals surface area contributed by atoms with Gasteiger partial charge in [0.15, 0.2) is 0 Å². The van der Waals surface area contributed by atoms with Gasteiger partial charge in [0.25, 0.3) is 0 Å². The minimum absolute atomic E-state index is 0.205. The molecule has 0 saturated carbocycles. The molecule has 0 radical (unpaired) electrons. The topological polar surface area (TPSA) is 54.0 Å². The number of hydrogen-bond acceptors (Lipinski definition) is 5. The fourth-order valence-corrected chi connectivity index (χ4v) is 4.97. The third-order valence-electron chi connectivity index (χ3n) is 6.54. The van der Waals surface area contributed by atoms with Gasteiger partial charge in [0, 0.05) is 62.4 Å². The van der Waals surface area contributed by atoms with Crippen LogP contribution in [0.2, 0.25) is 0 Å². The third kappa shape index (κ3) is 3.89. The Bertz CT molecular complexity index is 892. The van der Waals surface area contributed by atoms with E-state index in [-0.39, 0.29) is 5.91 Å². The number of rotatable bonds is 5. The average molecular weight is 408 g/mol. The number of ether oxygens (including phenoxy) is 2. The van der Waals surface area contributed by atoms with Gasteiger partial charge in [-0.1, -0.05) is 18.2 Å². The molecule has 0 unspecified atom stereocenters. The molecule has 2 atom stereocenters. The molecule has 0 aromatic heterocycles. The van der Waals surface area contributed by atoms with Crippen molar-refractivity contribution in [1.29, 1.82) is 0 Å². The summed E-state index contributed by atoms with van der Waals surface area (Å²) in [5, 5.41) is 3.11. The van der Waals surface area contributed by atoms with E-state index in [1.54, 1.807) is 7.11 Å². The van der Waals surface area contributed by atoms with Crippen LogP contribution in [-0.4, -0.2) is 63.4 Å². The van der Waals surface area contributed by atoms with Gasteiger partial charge in [-0.15, -0.1) is 0 Å². The zero-order valence-corrected chi connectivity index (χ0v) is 17.5. The number of hydrogen-bond donors (Lipinski definition) is 1. The van der Waals surface area contributed by atoms with Crippen molar-refractivity contribution in [2.75, 3.05) is 51.4 Å². The van der Waals surface area contributed by atoms with Gasteiger partial charge in [-0.25, -0.2) is 0 Å². The van der Waals surface area contributed by atoms with Crippen LogP contribution in [0, 0.1) is 5.92 Å². The molecule has 3 fully saturated rings. The number of nitrogens with zero attached hydrogens (tertiary/aromatic N) is 2. The minimum atomic E-state index is 0.205. The van der Waals surface area contributed by atoms with Gasteiger partial charge in [-0.05, 0) is 35.4 Å². The van der Waals surface area contributed by atoms with E-state index in [0.717, 1.165) is 62.8 Å². The monoisotopic (exact) mass is 407 g/mol. The number of morpholine rings is 1. The summed E-state index contributed by atoms with van der Waals surface area (Å²) in [5.74, 6) is 1.56. The second-order valence-corrected chi connectivity index (χ2v) is 8.51. The SMILES string of the molecule is COc1ccc(CN2C[C@@H]3CC(=O)N[C@@H]3C2)cc1-c1ccc(N2CCOCC2)cc1. The summed E-state index contributed by atoms with van der Waals surface area (Å²) in [7, 11) is 1.73. The predicted octanol–water partition coefficient (Wildman–Crippen LogP) is 2.52. The molecule has 3 heterocycles. The van der Waals surface area contributed by atoms with Crippen LogP contribution in [0.5, 0.6) is 5.75 Å². The standard InChI is InChI=1S/C24H29N3O3/c1-29-23-7-2-17(14-26-15-19-13-24(28)25-22(19)16-26)12-21(23)18-3-5-20(6-4-18)27-8-10-30-11-9-27/h2-7,12,19,22H,8-11,13-16H2,1H3,(H,25,28)/t19-,22+/m0/s1. The zero-order chi connectivity index (χ0) is 20.5. The van der Waals surface area contributed by atoms with Crippen LogP contribution in [0.25, 0.3) is 11.1 Å². The number of amides is 1. The lowest BCUT2D eigenvalue weighted by molar-refractivity contribution is -0.119. The van der Waals surface area contributed by atoms with Gasteiger partial charge in [0.1, 0.15) is 5.75 Å². The Morgan fingerprint density at radius 2 is 1.90 bits per heavy atom. The Hall–Kier alpha value is -2.57. The highest BCUT2D eigenvalue weighted by atomic mass is 16.5. The molecule has 3 aliphatic rings. The van der Waals surface area contributed by atoms with E-state index in [4.69, 9.17) is 9.47 Å². The van der Waals surface area contributed by atoms with Crippen LogP contribution < -0.4 is 15.0 Å². The molecule has 158 valence electrons. The normalized spacial score (nSPS) is 24.0. The summed E-state index contributed by atoms with van der Waals surface area (Å²) < 4.78 is 11.1. The second kappa shape index (κ2) is 8.28. The number of anilines is 1. The van der Waals surface area contributed by atoms with Crippen molar-refractivity contribution in [1.82, 2.24) is 10.2 Å². The van der Waals surface area contributed by atoms with Crippen molar-refractivity contribution < 1.29 is 14.3 Å². The van der Waals surface area contributed by atoms with E-state index < -0.39 is 0 Å². The van der Waals surface area contributed by atoms with Crippen LogP contribution >= 0.6 is 0 Å². The molecule has 1 N–H and O–H groups in total. The van der Waals surface area contributed by atoms with Gasteiger partial charge in [-0.2, -0.15) is 0 Å². The summed E-state index contributed by atoms with van der Waals surface area (Å²) in [4.78, 5) is 16.4. The molecule has 2 aromatic carbocycles. The van der Waals surface area contributed by atoms with E-state index >= 15 is 0 Å². The highest BCUT2D eigenvalue weighted by Crippen LogP contribution is 2.33. The molecule has 6 heteroatoms. The molecule has 0 bridgehead atoms. The predicted molar refractivity (Wildman–Crippen MR) is 117 cm³/mol. The molecule has 30 heavy (non-hydrogen) atoms. The van der Waals surface area contributed by atoms with E-state index in [1.165, 1.54) is 11.3 Å². The van der Waals surface area contributed by atoms with Gasteiger partial charge in [-0.3, -0.25) is 9.69 Å². The Balaban J connectivity index is 1.32. The van der Waals surface area contributed by atoms with Gasteiger partial charge in [0.05, 0.1) is 20.3 Å². The minimum Gasteiger partial charge on any atom is -0.496 e. The molecule has 6 nitrogen and oxygen atoms in total. The summed E-state index contributed by atoms with van der Waals surface area (Å²) in [5.41, 5.74) is 4.80. The van der Waals surface area contributed by atoms with E-state index in [9.17, 15) is 4.79 Å². The van der Waals surface area contributed by atoms with Crippen LogP contribution in [0.1, 0.15) is 12.0 Å². The molecule has 3 aliphatic heterocycles. The Labute approximate surface area is 177 Å². The quantitative estimate of drug-likeness (QED) is 0.826. The maximum Gasteiger partial charge on any atom is 0.220 e. The summed E-state index contributed by atoms with van der Waals surface area (Å²) in [6.07, 6.45) is 0.671. The second-order valence-electron chi connectivity index (χ2n) is 8.51. The van der Waals surface area contributed by atoms with Crippen molar-refractivity contribution in [3.05, 3.63) is 48.0 Å². The number of fused-ring (bicyclic) bond motifs is 1. The van der Waals surface area contributed by atoms with E-state index in [2.05, 4.69) is 57.6 Å². The van der Waals surface area contributed by atoms with Gasteiger partial charge >= 0.3 is 0 Å². The van der Waals surface area contributed by atoms with Crippen LogP contribution in [-0.2, 0) is 16.1 Å². The molecule has 0 aliphatic carbocycles. The Morgan fingerprint density at radius 3 is 2.63 bits per heavy atom. The first kappa shape index (κ1) is 19.4. The Kier molecular flexibility index (Phi) is 5.35. The fraction of sp³-hybridized carbons (Fsp3) is 0.458. The maximum absolute atomic E-state index is 11.6. The molecule has 1 amide bonds. The fourth-order valence-electron chi connectivity index (χ4n) is 4.97. The summed E-state index contributed by atoms with van der Waals surface area (Å²) in [6, 6.07) is 15.5. The van der Waals surface area contributed by atoms with E-state index in [1.807, 2.05) is 0 Å². The van der Waals surface area contributed by atoms with Crippen LogP contribution in [0.4, 0.5) is 5.69 Å². The van der Waals surface area contributed by atoms with Gasteiger partial charge < -0.3 is 19.7 Å². The van der Waals surface area contributed by atoms with E-state index in [0.29, 0.717) is 18.4 Å². The lowest BCUT2D eigenvalue weighted by Crippen LogP contribution is -2.36. The first-order valence-electron chi connectivity index (χ1n) is 10.8. The van der Waals surface area contributed by atoms with Gasteiger partial charge in [0.2, 0.25) is 5.91 Å². The highest BCUT2D eigenvalue weighted by molar-refractivity contribution is 5.79. The molecule has 0 spiro atoms. The van der Waals surface area contributed by atoms with Crippen LogP contribution in [0.3, 0.4) is 0 Å². The van der Waals surface area contributed by atoms with Crippen LogP contribution in [0.15, 0.2) is 42.5 Å². The van der Waals surface area contributed by atoms with Crippen molar-refractivity contribution in [3.63, 3.8) is 0 Å². The van der Waals surface area contributed by atoms with Crippen molar-refractivity contribution in [3.8, 4) is 16.9 Å². The zero-order valence-electron chi connectivity index (χ0n) is 17.5. The third-order valence-corrected chi connectivity index (χ3v) is 6.54. The molecule has 3 saturated heterocycles. The molecule has 2 aromatic rings. The number of carbonyl (C=O) groups is 1. The number of carbonyl (C=O) groups excluding carboxylic acids is 1. The van der Waals surface area contributed by atoms with Crippen molar-refractivity contribution >= 4 is 11.6 Å². The maximum atomic E-state index is 11.6. The number of likely N-dealkylation sites (tertiary alicyclic amines) is 1. The van der Waals surface area contributed by atoms with Crippen molar-refractivity contribution in [2.45, 2.75) is 19.0 Å². The lowest BCUT2D eigenvalue weighted by Gasteiger charge is -2.29.